The van der Waals surface area contributed by atoms with E-state index in [2.05, 4.69) is 5.32 Å². The van der Waals surface area contributed by atoms with E-state index in [4.69, 9.17) is 14.3 Å². The van der Waals surface area contributed by atoms with Crippen LogP contribution in [0.25, 0.3) is 0 Å². The average molecular weight is 285 g/mol. The zero-order valence-electron chi connectivity index (χ0n) is 11.7. The number of aliphatic hydroxyl groups is 1. The molecule has 1 aromatic rings. The number of carbonyl (C=O) groups is 2. The van der Waals surface area contributed by atoms with Gasteiger partial charge < -0.3 is 24.7 Å². The molecule has 0 saturated carbocycles. The summed E-state index contributed by atoms with van der Waals surface area (Å²) in [5, 5.41) is 21.6. The van der Waals surface area contributed by atoms with Crippen LogP contribution in [0.1, 0.15) is 41.7 Å². The van der Waals surface area contributed by atoms with Crippen LogP contribution >= 0.6 is 0 Å². The number of hydrogen-bond donors (Lipinski definition) is 3. The van der Waals surface area contributed by atoms with Gasteiger partial charge in [0, 0.05) is 12.6 Å². The zero-order valence-corrected chi connectivity index (χ0v) is 11.7. The number of rotatable bonds is 8. The molecule has 7 heteroatoms. The Labute approximate surface area is 116 Å². The van der Waals surface area contributed by atoms with E-state index in [1.165, 1.54) is 6.92 Å². The first kappa shape index (κ1) is 16.2. The molecule has 7 nitrogen and oxygen atoms in total. The molecule has 1 heterocycles. The van der Waals surface area contributed by atoms with Crippen molar-refractivity contribution in [2.75, 3.05) is 13.2 Å². The summed E-state index contributed by atoms with van der Waals surface area (Å²) in [7, 11) is 0. The Morgan fingerprint density at radius 1 is 1.45 bits per heavy atom. The summed E-state index contributed by atoms with van der Waals surface area (Å²) in [5.41, 5.74) is -0.124. The lowest BCUT2D eigenvalue weighted by Crippen LogP contribution is -2.35. The number of nitrogens with one attached hydrogen (secondary N) is 1. The van der Waals surface area contributed by atoms with E-state index in [0.29, 0.717) is 6.54 Å². The van der Waals surface area contributed by atoms with Gasteiger partial charge in [-0.2, -0.15) is 0 Å². The van der Waals surface area contributed by atoms with Crippen LogP contribution in [0.3, 0.4) is 0 Å². The number of ether oxygens (including phenoxy) is 1. The predicted molar refractivity (Wildman–Crippen MR) is 70.3 cm³/mol. The lowest BCUT2D eigenvalue weighted by Gasteiger charge is -2.14. The lowest BCUT2D eigenvalue weighted by atomic mass is 10.1. The molecule has 0 aliphatic carbocycles. The molecule has 0 aliphatic heterocycles. The van der Waals surface area contributed by atoms with Crippen LogP contribution in [0.4, 0.5) is 0 Å². The van der Waals surface area contributed by atoms with E-state index in [9.17, 15) is 14.7 Å². The molecule has 3 N–H and O–H groups in total. The number of carboxylic acid groups (broad SMARTS) is 1. The van der Waals surface area contributed by atoms with E-state index in [1.54, 1.807) is 0 Å². The van der Waals surface area contributed by atoms with Crippen molar-refractivity contribution in [3.63, 3.8) is 0 Å². The minimum atomic E-state index is -1.34. The number of aliphatic hydroxyl groups excluding tert-OH is 1. The summed E-state index contributed by atoms with van der Waals surface area (Å²) in [6.45, 7) is 5.36. The van der Waals surface area contributed by atoms with Gasteiger partial charge >= 0.3 is 5.97 Å². The number of carbonyl (C=O) groups excluding carboxylic acids is 1. The average Bonchev–Trinajstić information content (AvgIpc) is 2.77. The highest BCUT2D eigenvalue weighted by atomic mass is 16.5. The van der Waals surface area contributed by atoms with Crippen LogP contribution in [0.15, 0.2) is 10.7 Å². The molecule has 1 rings (SSSR count). The van der Waals surface area contributed by atoms with Crippen LogP contribution < -0.4 is 10.1 Å². The molecule has 0 aliphatic rings. The van der Waals surface area contributed by atoms with Gasteiger partial charge in [0.2, 0.25) is 5.76 Å². The summed E-state index contributed by atoms with van der Waals surface area (Å²) in [6, 6.07) is 0.227. The Hall–Kier alpha value is -1.86. The van der Waals surface area contributed by atoms with Crippen molar-refractivity contribution < 1.29 is 29.0 Å². The van der Waals surface area contributed by atoms with Crippen LogP contribution in [0.5, 0.6) is 5.75 Å². The van der Waals surface area contributed by atoms with Crippen LogP contribution in [-0.2, 0) is 0 Å². The van der Waals surface area contributed by atoms with Crippen LogP contribution in [-0.4, -0.2) is 47.3 Å². The third-order valence-corrected chi connectivity index (χ3v) is 2.50. The molecule has 1 aromatic heterocycles. The van der Waals surface area contributed by atoms with Gasteiger partial charge in [-0.3, -0.25) is 4.79 Å². The molecule has 0 aromatic carbocycles. The van der Waals surface area contributed by atoms with Gasteiger partial charge in [0.25, 0.3) is 0 Å². The van der Waals surface area contributed by atoms with Crippen molar-refractivity contribution in [1.82, 2.24) is 5.32 Å². The van der Waals surface area contributed by atoms with Gasteiger partial charge in [0.15, 0.2) is 11.5 Å². The van der Waals surface area contributed by atoms with Crippen molar-refractivity contribution in [3.8, 4) is 5.75 Å². The predicted octanol–water partition coefficient (Wildman–Crippen LogP) is 0.918. The number of hydrogen-bond acceptors (Lipinski definition) is 6. The van der Waals surface area contributed by atoms with Gasteiger partial charge in [0.1, 0.15) is 24.5 Å². The molecular weight excluding hydrogens is 266 g/mol. The van der Waals surface area contributed by atoms with E-state index in [1.807, 2.05) is 13.8 Å². The summed E-state index contributed by atoms with van der Waals surface area (Å²) in [4.78, 5) is 22.3. The Kier molecular flexibility index (Phi) is 5.72. The van der Waals surface area contributed by atoms with Crippen LogP contribution in [0.2, 0.25) is 0 Å². The number of furan rings is 1. The summed E-state index contributed by atoms with van der Waals surface area (Å²) in [5.74, 6) is -2.24. The van der Waals surface area contributed by atoms with Crippen molar-refractivity contribution in [3.05, 3.63) is 17.6 Å². The normalized spacial score (nSPS) is 12.4. The molecule has 0 radical (unpaired) electrons. The minimum Gasteiger partial charge on any atom is -0.487 e. The van der Waals surface area contributed by atoms with Crippen molar-refractivity contribution >= 4 is 11.8 Å². The van der Waals surface area contributed by atoms with Crippen molar-refractivity contribution in [2.24, 2.45) is 0 Å². The van der Waals surface area contributed by atoms with Gasteiger partial charge in [-0.25, -0.2) is 4.79 Å². The highest BCUT2D eigenvalue weighted by molar-refractivity contribution is 6.05. The zero-order chi connectivity index (χ0) is 15.3. The fraction of sp³-hybridized carbons (Fsp3) is 0.538. The highest BCUT2D eigenvalue weighted by Crippen LogP contribution is 2.25. The maximum absolute atomic E-state index is 11.4. The molecule has 1 atom stereocenters. The molecule has 20 heavy (non-hydrogen) atoms. The summed E-state index contributed by atoms with van der Waals surface area (Å²) >= 11 is 0. The second kappa shape index (κ2) is 7.06. The Bertz CT molecular complexity index is 479. The fourth-order valence-corrected chi connectivity index (χ4v) is 1.56. The monoisotopic (exact) mass is 285 g/mol. The van der Waals surface area contributed by atoms with E-state index in [0.717, 1.165) is 6.26 Å². The molecule has 0 amide bonds. The smallest absolute Gasteiger partial charge is 0.372 e. The van der Waals surface area contributed by atoms with Crippen molar-refractivity contribution in [1.29, 1.82) is 0 Å². The number of aromatic carboxylic acids is 1. The van der Waals surface area contributed by atoms with E-state index in [-0.39, 0.29) is 24.0 Å². The van der Waals surface area contributed by atoms with Gasteiger partial charge in [-0.1, -0.05) is 13.8 Å². The lowest BCUT2D eigenvalue weighted by molar-refractivity contribution is 0.0657. The molecule has 0 saturated heterocycles. The fourth-order valence-electron chi connectivity index (χ4n) is 1.56. The van der Waals surface area contributed by atoms with Gasteiger partial charge in [-0.05, 0) is 6.92 Å². The van der Waals surface area contributed by atoms with E-state index < -0.39 is 23.6 Å². The topological polar surface area (TPSA) is 109 Å². The van der Waals surface area contributed by atoms with E-state index >= 15 is 0 Å². The molecule has 0 fully saturated rings. The Morgan fingerprint density at radius 2 is 2.10 bits per heavy atom. The SMILES string of the molecule is CC(=O)c1c(OCC(O)CNC(C)C)coc1C(=O)O. The quantitative estimate of drug-likeness (QED) is 0.609. The number of carboxylic acids is 1. The first-order valence-electron chi connectivity index (χ1n) is 6.22. The minimum absolute atomic E-state index is 0.0264. The number of Topliss-reactive ketones (excluding diaryl/α,β-unsaturated/α-hetero) is 1. The maximum atomic E-state index is 11.4. The molecule has 0 spiro atoms. The second-order valence-electron chi connectivity index (χ2n) is 4.69. The molecule has 1 unspecified atom stereocenters. The van der Waals surface area contributed by atoms with Gasteiger partial charge in [0.05, 0.1) is 0 Å². The standard InChI is InChI=1S/C13H19NO6/c1-7(2)14-4-9(16)5-19-10-6-20-12(13(17)18)11(10)8(3)15/h6-7,9,14,16H,4-5H2,1-3H3,(H,17,18). The second-order valence-corrected chi connectivity index (χ2v) is 4.69. The Morgan fingerprint density at radius 3 is 2.60 bits per heavy atom. The van der Waals surface area contributed by atoms with Crippen molar-refractivity contribution in [2.45, 2.75) is 32.9 Å². The summed E-state index contributed by atoms with van der Waals surface area (Å²) < 4.78 is 10.1. The van der Waals surface area contributed by atoms with Crippen LogP contribution in [0, 0.1) is 0 Å². The molecular formula is C13H19NO6. The number of ketones is 1. The molecule has 0 bridgehead atoms. The third-order valence-electron chi connectivity index (χ3n) is 2.50. The van der Waals surface area contributed by atoms with Gasteiger partial charge in [-0.15, -0.1) is 0 Å². The largest absolute Gasteiger partial charge is 0.487 e. The Balaban J connectivity index is 2.69. The third kappa shape index (κ3) is 4.36. The summed E-state index contributed by atoms with van der Waals surface area (Å²) in [6.07, 6.45) is 0.281. The first-order valence-corrected chi connectivity index (χ1v) is 6.22. The first-order chi connectivity index (χ1) is 9.32. The maximum Gasteiger partial charge on any atom is 0.372 e. The highest BCUT2D eigenvalue weighted by Gasteiger charge is 2.24. The molecule has 112 valence electrons.